The first kappa shape index (κ1) is 12.3. The van der Waals surface area contributed by atoms with E-state index >= 15 is 0 Å². The highest BCUT2D eigenvalue weighted by Crippen LogP contribution is 2.29. The van der Waals surface area contributed by atoms with Crippen molar-refractivity contribution in [1.82, 2.24) is 15.5 Å². The summed E-state index contributed by atoms with van der Waals surface area (Å²) in [7, 11) is 4.37. The molecule has 0 amide bonds. The molecule has 2 fully saturated rings. The average molecular weight is 225 g/mol. The van der Waals surface area contributed by atoms with Gasteiger partial charge in [0.1, 0.15) is 0 Å². The van der Waals surface area contributed by atoms with Crippen LogP contribution < -0.4 is 10.6 Å². The van der Waals surface area contributed by atoms with Crippen molar-refractivity contribution in [1.29, 1.82) is 0 Å². The van der Waals surface area contributed by atoms with Gasteiger partial charge in [0.15, 0.2) is 0 Å². The molecule has 0 aromatic heterocycles. The Kier molecular flexibility index (Phi) is 4.62. The summed E-state index contributed by atoms with van der Waals surface area (Å²) in [5.41, 5.74) is 0. The van der Waals surface area contributed by atoms with E-state index in [1.54, 1.807) is 0 Å². The molecule has 16 heavy (non-hydrogen) atoms. The number of nitrogens with zero attached hydrogens (tertiary/aromatic N) is 1. The minimum atomic E-state index is 0.691. The lowest BCUT2D eigenvalue weighted by Gasteiger charge is -2.34. The van der Waals surface area contributed by atoms with Crippen molar-refractivity contribution in [2.24, 2.45) is 5.92 Å². The fourth-order valence-corrected chi connectivity index (χ4v) is 3.36. The summed E-state index contributed by atoms with van der Waals surface area (Å²) in [5, 5.41) is 7.20. The molecule has 1 aliphatic heterocycles. The molecular formula is C13H27N3. The summed E-state index contributed by atoms with van der Waals surface area (Å²) in [4.78, 5) is 2.45. The van der Waals surface area contributed by atoms with Crippen LogP contribution in [-0.2, 0) is 0 Å². The van der Waals surface area contributed by atoms with Crippen LogP contribution in [0.4, 0.5) is 0 Å². The van der Waals surface area contributed by atoms with Gasteiger partial charge in [0.25, 0.3) is 0 Å². The average Bonchev–Trinajstić information content (AvgIpc) is 2.79. The highest BCUT2D eigenvalue weighted by atomic mass is 15.2. The van der Waals surface area contributed by atoms with E-state index in [1.165, 1.54) is 45.2 Å². The number of piperazine rings is 1. The topological polar surface area (TPSA) is 27.3 Å². The van der Waals surface area contributed by atoms with Crippen molar-refractivity contribution in [3.05, 3.63) is 0 Å². The number of nitrogens with one attached hydrogen (secondary N) is 2. The van der Waals surface area contributed by atoms with Crippen LogP contribution in [0, 0.1) is 5.92 Å². The molecule has 0 radical (unpaired) electrons. The van der Waals surface area contributed by atoms with Crippen molar-refractivity contribution >= 4 is 0 Å². The standard InChI is InChI=1S/C13H27N3/c1-14-13(11-5-3-4-6-11)9-12-10-16(2)8-7-15-12/h11-15H,3-10H2,1-2H3. The lowest BCUT2D eigenvalue weighted by molar-refractivity contribution is 0.208. The molecule has 3 heteroatoms. The van der Waals surface area contributed by atoms with Gasteiger partial charge in [0, 0.05) is 31.7 Å². The number of likely N-dealkylation sites (N-methyl/N-ethyl adjacent to an activating group) is 1. The zero-order valence-electron chi connectivity index (χ0n) is 10.8. The van der Waals surface area contributed by atoms with Gasteiger partial charge >= 0.3 is 0 Å². The maximum Gasteiger partial charge on any atom is 0.0210 e. The summed E-state index contributed by atoms with van der Waals surface area (Å²) >= 11 is 0. The Morgan fingerprint density at radius 3 is 2.75 bits per heavy atom. The maximum absolute atomic E-state index is 3.66. The molecule has 1 aliphatic carbocycles. The molecule has 0 aromatic rings. The molecular weight excluding hydrogens is 198 g/mol. The van der Waals surface area contributed by atoms with Crippen LogP contribution >= 0.6 is 0 Å². The van der Waals surface area contributed by atoms with Crippen molar-refractivity contribution in [3.63, 3.8) is 0 Å². The van der Waals surface area contributed by atoms with Crippen molar-refractivity contribution < 1.29 is 0 Å². The van der Waals surface area contributed by atoms with Crippen molar-refractivity contribution in [2.75, 3.05) is 33.7 Å². The van der Waals surface area contributed by atoms with E-state index in [2.05, 4.69) is 29.6 Å². The SMILES string of the molecule is CNC(CC1CN(C)CCN1)C1CCCC1. The highest BCUT2D eigenvalue weighted by molar-refractivity contribution is 4.86. The molecule has 2 aliphatic rings. The molecule has 2 unspecified atom stereocenters. The van der Waals surface area contributed by atoms with Crippen LogP contribution in [0.15, 0.2) is 0 Å². The van der Waals surface area contributed by atoms with E-state index < -0.39 is 0 Å². The minimum absolute atomic E-state index is 0.691. The van der Waals surface area contributed by atoms with Crippen LogP contribution in [0.1, 0.15) is 32.1 Å². The fraction of sp³-hybridized carbons (Fsp3) is 1.00. The highest BCUT2D eigenvalue weighted by Gasteiger charge is 2.27. The van der Waals surface area contributed by atoms with E-state index in [9.17, 15) is 0 Å². The third kappa shape index (κ3) is 3.19. The molecule has 94 valence electrons. The first-order valence-corrected chi connectivity index (χ1v) is 6.89. The monoisotopic (exact) mass is 225 g/mol. The van der Waals surface area contributed by atoms with Gasteiger partial charge in [-0.2, -0.15) is 0 Å². The second-order valence-electron chi connectivity index (χ2n) is 5.59. The van der Waals surface area contributed by atoms with Crippen molar-refractivity contribution in [2.45, 2.75) is 44.2 Å². The molecule has 1 heterocycles. The smallest absolute Gasteiger partial charge is 0.0210 e. The van der Waals surface area contributed by atoms with Crippen molar-refractivity contribution in [3.8, 4) is 0 Å². The van der Waals surface area contributed by atoms with E-state index in [1.807, 2.05) is 0 Å². The number of rotatable bonds is 4. The summed E-state index contributed by atoms with van der Waals surface area (Å²) < 4.78 is 0. The van der Waals surface area contributed by atoms with Gasteiger partial charge in [0.2, 0.25) is 0 Å². The normalized spacial score (nSPS) is 30.8. The summed E-state index contributed by atoms with van der Waals surface area (Å²) in [6.45, 7) is 3.57. The van der Waals surface area contributed by atoms with Crippen LogP contribution in [0.25, 0.3) is 0 Å². The largest absolute Gasteiger partial charge is 0.317 e. The first-order valence-electron chi connectivity index (χ1n) is 6.89. The van der Waals surface area contributed by atoms with E-state index in [0.29, 0.717) is 6.04 Å². The molecule has 0 aromatic carbocycles. The van der Waals surface area contributed by atoms with Gasteiger partial charge in [-0.3, -0.25) is 0 Å². The Morgan fingerprint density at radius 2 is 2.12 bits per heavy atom. The third-order valence-corrected chi connectivity index (χ3v) is 4.34. The molecule has 0 spiro atoms. The Labute approximate surface area is 100.0 Å². The number of hydrogen-bond donors (Lipinski definition) is 2. The van der Waals surface area contributed by atoms with Gasteiger partial charge in [-0.15, -0.1) is 0 Å². The van der Waals surface area contributed by atoms with Gasteiger partial charge in [0.05, 0.1) is 0 Å². The van der Waals surface area contributed by atoms with Gasteiger partial charge in [-0.25, -0.2) is 0 Å². The summed E-state index contributed by atoms with van der Waals surface area (Å²) in [6.07, 6.45) is 7.06. The second-order valence-corrected chi connectivity index (χ2v) is 5.59. The van der Waals surface area contributed by atoms with Crippen LogP contribution in [0.2, 0.25) is 0 Å². The maximum atomic E-state index is 3.66. The second kappa shape index (κ2) is 5.99. The molecule has 1 saturated heterocycles. The summed E-state index contributed by atoms with van der Waals surface area (Å²) in [6, 6.07) is 1.42. The minimum Gasteiger partial charge on any atom is -0.317 e. The quantitative estimate of drug-likeness (QED) is 0.749. The first-order chi connectivity index (χ1) is 7.79. The van der Waals surface area contributed by atoms with Gasteiger partial charge < -0.3 is 15.5 Å². The molecule has 2 atom stereocenters. The zero-order valence-corrected chi connectivity index (χ0v) is 10.8. The molecule has 2 N–H and O–H groups in total. The van der Waals surface area contributed by atoms with Crippen LogP contribution in [0.3, 0.4) is 0 Å². The van der Waals surface area contributed by atoms with Gasteiger partial charge in [-0.1, -0.05) is 12.8 Å². The van der Waals surface area contributed by atoms with E-state index in [-0.39, 0.29) is 0 Å². The predicted octanol–water partition coefficient (Wildman–Crippen LogP) is 1.06. The Hall–Kier alpha value is -0.120. The fourth-order valence-electron chi connectivity index (χ4n) is 3.36. The Morgan fingerprint density at radius 1 is 1.38 bits per heavy atom. The summed E-state index contributed by atoms with van der Waals surface area (Å²) in [5.74, 6) is 0.930. The van der Waals surface area contributed by atoms with E-state index in [0.717, 1.165) is 18.5 Å². The molecule has 3 nitrogen and oxygen atoms in total. The third-order valence-electron chi connectivity index (χ3n) is 4.34. The lowest BCUT2D eigenvalue weighted by Crippen LogP contribution is -2.52. The molecule has 2 rings (SSSR count). The molecule has 1 saturated carbocycles. The Bertz CT molecular complexity index is 201. The predicted molar refractivity (Wildman–Crippen MR) is 68.7 cm³/mol. The van der Waals surface area contributed by atoms with Crippen LogP contribution in [0.5, 0.6) is 0 Å². The Balaban J connectivity index is 1.80. The van der Waals surface area contributed by atoms with Crippen LogP contribution in [-0.4, -0.2) is 50.7 Å². The van der Waals surface area contributed by atoms with E-state index in [4.69, 9.17) is 0 Å². The van der Waals surface area contributed by atoms with Gasteiger partial charge in [-0.05, 0) is 39.3 Å². The molecule has 0 bridgehead atoms. The number of hydrogen-bond acceptors (Lipinski definition) is 3. The zero-order chi connectivity index (χ0) is 11.4. The lowest BCUT2D eigenvalue weighted by atomic mass is 9.92.